The number of likely N-dealkylation sites (tertiary alicyclic amines) is 1. The van der Waals surface area contributed by atoms with Gasteiger partial charge in [0.05, 0.1) is 0 Å². The Hall–Kier alpha value is -2.08. The molecule has 1 aromatic carbocycles. The van der Waals surface area contributed by atoms with Crippen molar-refractivity contribution in [2.75, 3.05) is 38.2 Å². The number of nitrogens with one attached hydrogen (secondary N) is 2. The molecule has 2 rings (SSSR count). The molecule has 0 radical (unpaired) electrons. The number of hydrogen-bond donors (Lipinski definition) is 2. The largest absolute Gasteiger partial charge is 0.382 e. The van der Waals surface area contributed by atoms with Gasteiger partial charge in [-0.05, 0) is 51.2 Å². The minimum absolute atomic E-state index is 0.0623. The fourth-order valence-electron chi connectivity index (χ4n) is 3.06. The molecule has 6 heteroatoms. The van der Waals surface area contributed by atoms with E-state index in [1.165, 1.54) is 5.56 Å². The zero-order chi connectivity index (χ0) is 18.8. The van der Waals surface area contributed by atoms with Crippen LogP contribution in [0.2, 0.25) is 0 Å². The molecule has 0 bridgehead atoms. The summed E-state index contributed by atoms with van der Waals surface area (Å²) in [5, 5.41) is 5.88. The Kier molecular flexibility index (Phi) is 8.41. The topological polar surface area (TPSA) is 70.7 Å². The van der Waals surface area contributed by atoms with Crippen LogP contribution in [0.15, 0.2) is 24.3 Å². The summed E-state index contributed by atoms with van der Waals surface area (Å²) >= 11 is 0. The van der Waals surface area contributed by atoms with Crippen LogP contribution in [-0.2, 0) is 9.53 Å². The number of ether oxygens (including phenoxy) is 1. The predicted octanol–water partition coefficient (Wildman–Crippen LogP) is 3.17. The molecule has 144 valence electrons. The van der Waals surface area contributed by atoms with Gasteiger partial charge in [-0.15, -0.1) is 0 Å². The van der Waals surface area contributed by atoms with Crippen LogP contribution in [0.3, 0.4) is 0 Å². The lowest BCUT2D eigenvalue weighted by atomic mass is 9.93. The van der Waals surface area contributed by atoms with Gasteiger partial charge in [0.15, 0.2) is 0 Å². The summed E-state index contributed by atoms with van der Waals surface area (Å²) in [5.41, 5.74) is 1.98. The SMILES string of the molecule is CCOCCCNC(=O)CC1CCN(C(=O)Nc2ccc(C)cc2)CC1. The molecule has 1 aliphatic heterocycles. The number of piperidine rings is 1. The van der Waals surface area contributed by atoms with Gasteiger partial charge in [0.25, 0.3) is 0 Å². The Morgan fingerprint density at radius 3 is 2.54 bits per heavy atom. The van der Waals surface area contributed by atoms with Crippen LogP contribution in [0.1, 0.15) is 38.2 Å². The highest BCUT2D eigenvalue weighted by Gasteiger charge is 2.24. The van der Waals surface area contributed by atoms with E-state index in [0.29, 0.717) is 45.2 Å². The van der Waals surface area contributed by atoms with E-state index in [2.05, 4.69) is 10.6 Å². The standard InChI is InChI=1S/C20H31N3O3/c1-3-26-14-4-11-21-19(24)15-17-9-12-23(13-10-17)20(25)22-18-7-5-16(2)6-8-18/h5-8,17H,3-4,9-15H2,1-2H3,(H,21,24)(H,22,25). The third-order valence-electron chi connectivity index (χ3n) is 4.67. The first-order chi connectivity index (χ1) is 12.6. The van der Waals surface area contributed by atoms with Crippen LogP contribution < -0.4 is 10.6 Å². The van der Waals surface area contributed by atoms with E-state index < -0.39 is 0 Å². The predicted molar refractivity (Wildman–Crippen MR) is 103 cm³/mol. The van der Waals surface area contributed by atoms with E-state index in [1.54, 1.807) is 0 Å². The molecule has 1 aliphatic rings. The number of carbonyl (C=O) groups excluding carboxylic acids is 2. The molecular formula is C20H31N3O3. The monoisotopic (exact) mass is 361 g/mol. The number of benzene rings is 1. The summed E-state index contributed by atoms with van der Waals surface area (Å²) in [4.78, 5) is 26.1. The highest BCUT2D eigenvalue weighted by molar-refractivity contribution is 5.89. The average molecular weight is 361 g/mol. The van der Waals surface area contributed by atoms with Crippen molar-refractivity contribution in [2.24, 2.45) is 5.92 Å². The number of rotatable bonds is 8. The van der Waals surface area contributed by atoms with Crippen molar-refractivity contribution < 1.29 is 14.3 Å². The Balaban J connectivity index is 1.64. The molecule has 3 amide bonds. The van der Waals surface area contributed by atoms with Gasteiger partial charge >= 0.3 is 6.03 Å². The number of amides is 3. The van der Waals surface area contributed by atoms with Crippen LogP contribution in [0.4, 0.5) is 10.5 Å². The van der Waals surface area contributed by atoms with Crippen molar-refractivity contribution in [2.45, 2.75) is 39.5 Å². The number of urea groups is 1. The lowest BCUT2D eigenvalue weighted by Gasteiger charge is -2.31. The lowest BCUT2D eigenvalue weighted by molar-refractivity contribution is -0.122. The van der Waals surface area contributed by atoms with Gasteiger partial charge in [-0.1, -0.05) is 17.7 Å². The Bertz CT molecular complexity index is 566. The first kappa shape index (κ1) is 20.2. The summed E-state index contributed by atoms with van der Waals surface area (Å²) in [6.45, 7) is 7.43. The third kappa shape index (κ3) is 7.04. The molecule has 1 saturated heterocycles. The summed E-state index contributed by atoms with van der Waals surface area (Å²) in [7, 11) is 0. The van der Waals surface area contributed by atoms with Gasteiger partial charge in [0.1, 0.15) is 0 Å². The quantitative estimate of drug-likeness (QED) is 0.699. The maximum atomic E-state index is 12.3. The third-order valence-corrected chi connectivity index (χ3v) is 4.67. The van der Waals surface area contributed by atoms with Gasteiger partial charge in [0.2, 0.25) is 5.91 Å². The smallest absolute Gasteiger partial charge is 0.321 e. The number of carbonyl (C=O) groups is 2. The highest BCUT2D eigenvalue weighted by Crippen LogP contribution is 2.21. The van der Waals surface area contributed by atoms with Gasteiger partial charge in [-0.3, -0.25) is 4.79 Å². The van der Waals surface area contributed by atoms with Crippen molar-refractivity contribution in [3.8, 4) is 0 Å². The summed E-state index contributed by atoms with van der Waals surface area (Å²) in [5.74, 6) is 0.453. The normalized spacial score (nSPS) is 14.9. The van der Waals surface area contributed by atoms with E-state index in [1.807, 2.05) is 43.0 Å². The fraction of sp³-hybridized carbons (Fsp3) is 0.600. The van der Waals surface area contributed by atoms with E-state index in [0.717, 1.165) is 24.9 Å². The summed E-state index contributed by atoms with van der Waals surface area (Å²) in [6.07, 6.45) is 3.13. The van der Waals surface area contributed by atoms with Crippen LogP contribution in [0.25, 0.3) is 0 Å². The van der Waals surface area contributed by atoms with E-state index in [4.69, 9.17) is 4.74 Å². The Labute approximate surface area is 156 Å². The van der Waals surface area contributed by atoms with Crippen LogP contribution in [0, 0.1) is 12.8 Å². The second kappa shape index (κ2) is 10.8. The van der Waals surface area contributed by atoms with Crippen molar-refractivity contribution in [3.63, 3.8) is 0 Å². The number of nitrogens with zero attached hydrogens (tertiary/aromatic N) is 1. The van der Waals surface area contributed by atoms with E-state index in [-0.39, 0.29) is 11.9 Å². The molecule has 6 nitrogen and oxygen atoms in total. The van der Waals surface area contributed by atoms with Gasteiger partial charge < -0.3 is 20.3 Å². The molecule has 0 spiro atoms. The van der Waals surface area contributed by atoms with Crippen LogP contribution >= 0.6 is 0 Å². The summed E-state index contributed by atoms with van der Waals surface area (Å²) in [6, 6.07) is 7.72. The molecule has 0 aromatic heterocycles. The molecule has 1 heterocycles. The van der Waals surface area contributed by atoms with Crippen LogP contribution in [-0.4, -0.2) is 49.7 Å². The van der Waals surface area contributed by atoms with Crippen LogP contribution in [0.5, 0.6) is 0 Å². The molecule has 0 unspecified atom stereocenters. The maximum absolute atomic E-state index is 12.3. The minimum atomic E-state index is -0.0623. The average Bonchev–Trinajstić information content (AvgIpc) is 2.64. The first-order valence-corrected chi connectivity index (χ1v) is 9.55. The molecule has 1 fully saturated rings. The molecule has 0 saturated carbocycles. The van der Waals surface area contributed by atoms with Crippen molar-refractivity contribution in [1.82, 2.24) is 10.2 Å². The Morgan fingerprint density at radius 1 is 1.19 bits per heavy atom. The first-order valence-electron chi connectivity index (χ1n) is 9.55. The second-order valence-electron chi connectivity index (χ2n) is 6.83. The fourth-order valence-corrected chi connectivity index (χ4v) is 3.06. The number of aryl methyl sites for hydroxylation is 1. The van der Waals surface area contributed by atoms with Crippen molar-refractivity contribution in [1.29, 1.82) is 0 Å². The summed E-state index contributed by atoms with van der Waals surface area (Å²) < 4.78 is 5.25. The number of anilines is 1. The Morgan fingerprint density at radius 2 is 1.88 bits per heavy atom. The lowest BCUT2D eigenvalue weighted by Crippen LogP contribution is -2.42. The number of hydrogen-bond acceptors (Lipinski definition) is 3. The maximum Gasteiger partial charge on any atom is 0.321 e. The highest BCUT2D eigenvalue weighted by atomic mass is 16.5. The van der Waals surface area contributed by atoms with E-state index in [9.17, 15) is 9.59 Å². The molecule has 2 N–H and O–H groups in total. The molecule has 0 atom stereocenters. The molecule has 26 heavy (non-hydrogen) atoms. The molecule has 0 aliphatic carbocycles. The zero-order valence-corrected chi connectivity index (χ0v) is 15.9. The minimum Gasteiger partial charge on any atom is -0.382 e. The van der Waals surface area contributed by atoms with Gasteiger partial charge in [-0.2, -0.15) is 0 Å². The van der Waals surface area contributed by atoms with Gasteiger partial charge in [0, 0.05) is 45.0 Å². The van der Waals surface area contributed by atoms with Gasteiger partial charge in [-0.25, -0.2) is 4.79 Å². The molecule has 1 aromatic rings. The second-order valence-corrected chi connectivity index (χ2v) is 6.83. The zero-order valence-electron chi connectivity index (χ0n) is 15.9. The van der Waals surface area contributed by atoms with Crippen molar-refractivity contribution in [3.05, 3.63) is 29.8 Å². The van der Waals surface area contributed by atoms with E-state index >= 15 is 0 Å². The van der Waals surface area contributed by atoms with Crippen molar-refractivity contribution >= 4 is 17.6 Å². The molecular weight excluding hydrogens is 330 g/mol.